The van der Waals surface area contributed by atoms with E-state index in [-0.39, 0.29) is 35.1 Å². The van der Waals surface area contributed by atoms with E-state index in [9.17, 15) is 18.8 Å². The number of halogens is 2. The predicted molar refractivity (Wildman–Crippen MR) is 140 cm³/mol. The third-order valence-electron chi connectivity index (χ3n) is 5.62. The highest BCUT2D eigenvalue weighted by Crippen LogP contribution is 2.38. The van der Waals surface area contributed by atoms with Gasteiger partial charge in [-0.05, 0) is 83.2 Å². The van der Waals surface area contributed by atoms with Gasteiger partial charge in [0.1, 0.15) is 22.6 Å². The smallest absolute Gasteiger partial charge is 0.315 e. The van der Waals surface area contributed by atoms with Gasteiger partial charge in [-0.25, -0.2) is 9.18 Å². The van der Waals surface area contributed by atoms with Crippen LogP contribution >= 0.6 is 15.9 Å². The monoisotopic (exact) mass is 558 g/mol. The van der Waals surface area contributed by atoms with Gasteiger partial charge >= 0.3 is 6.03 Å². The van der Waals surface area contributed by atoms with Crippen molar-refractivity contribution < 1.29 is 18.7 Å². The van der Waals surface area contributed by atoms with E-state index in [1.807, 2.05) is 13.0 Å². The Hall–Kier alpha value is -3.66. The largest absolute Gasteiger partial charge is 0.487 e. The van der Waals surface area contributed by atoms with E-state index in [0.29, 0.717) is 40.2 Å². The molecule has 190 valence electrons. The molecule has 3 amide bonds. The number of amides is 3. The van der Waals surface area contributed by atoms with E-state index < -0.39 is 5.82 Å². The number of carbonyl (C=O) groups excluding carboxylic acids is 2. The van der Waals surface area contributed by atoms with Crippen molar-refractivity contribution in [3.8, 4) is 16.9 Å². The van der Waals surface area contributed by atoms with Gasteiger partial charge in [0, 0.05) is 37.0 Å². The summed E-state index contributed by atoms with van der Waals surface area (Å²) in [4.78, 5) is 39.4. The van der Waals surface area contributed by atoms with Crippen LogP contribution in [0.5, 0.6) is 5.75 Å². The van der Waals surface area contributed by atoms with Crippen molar-refractivity contribution in [1.29, 1.82) is 0 Å². The third-order valence-corrected chi connectivity index (χ3v) is 6.34. The van der Waals surface area contributed by atoms with Crippen LogP contribution in [0.25, 0.3) is 11.1 Å². The molecule has 36 heavy (non-hydrogen) atoms. The molecule has 0 saturated carbocycles. The first-order chi connectivity index (χ1) is 17.2. The molecule has 0 fully saturated rings. The standard InChI is InChI=1S/C26H28BrFN4O4/c1-5-30-26(35)31-12-18-10-19(28)9-8-17(18)13-36-23-21(15(3)32-25(34)22(23)27)20-11-16(24(33)29-4)7-6-14(20)2/h6-11H,5,12-13H2,1-4H3,(H,29,33)(H,32,34)(H2,30,31,35). The molecule has 0 atom stereocenters. The zero-order valence-electron chi connectivity index (χ0n) is 20.5. The van der Waals surface area contributed by atoms with Gasteiger partial charge in [0.05, 0.1) is 0 Å². The van der Waals surface area contributed by atoms with E-state index in [1.165, 1.54) is 12.1 Å². The zero-order chi connectivity index (χ0) is 26.4. The summed E-state index contributed by atoms with van der Waals surface area (Å²) in [6.07, 6.45) is 0. The number of aromatic nitrogens is 1. The Bertz CT molecular complexity index is 1360. The van der Waals surface area contributed by atoms with Crippen LogP contribution < -0.4 is 26.2 Å². The van der Waals surface area contributed by atoms with Gasteiger partial charge in [-0.15, -0.1) is 0 Å². The average Bonchev–Trinajstić information content (AvgIpc) is 2.85. The molecule has 10 heteroatoms. The molecule has 8 nitrogen and oxygen atoms in total. The van der Waals surface area contributed by atoms with Gasteiger partial charge in [-0.1, -0.05) is 12.1 Å². The summed E-state index contributed by atoms with van der Waals surface area (Å²) in [6, 6.07) is 9.15. The Kier molecular flexibility index (Phi) is 8.87. The molecule has 3 rings (SSSR count). The summed E-state index contributed by atoms with van der Waals surface area (Å²) in [6.45, 7) is 6.02. The fourth-order valence-electron chi connectivity index (χ4n) is 3.76. The van der Waals surface area contributed by atoms with Crippen LogP contribution in [0.2, 0.25) is 0 Å². The van der Waals surface area contributed by atoms with Crippen molar-refractivity contribution in [1.82, 2.24) is 20.9 Å². The van der Waals surface area contributed by atoms with Crippen molar-refractivity contribution in [3.05, 3.63) is 85.0 Å². The minimum atomic E-state index is -0.443. The summed E-state index contributed by atoms with van der Waals surface area (Å²) in [5, 5.41) is 7.93. The summed E-state index contributed by atoms with van der Waals surface area (Å²) >= 11 is 3.35. The second-order valence-corrected chi connectivity index (χ2v) is 8.91. The van der Waals surface area contributed by atoms with Crippen LogP contribution in [0.1, 0.15) is 39.7 Å². The topological polar surface area (TPSA) is 112 Å². The van der Waals surface area contributed by atoms with Crippen molar-refractivity contribution in [2.24, 2.45) is 0 Å². The Morgan fingerprint density at radius 3 is 2.53 bits per heavy atom. The number of H-pyrrole nitrogens is 1. The molecule has 1 aromatic heterocycles. The fraction of sp³-hybridized carbons (Fsp3) is 0.269. The van der Waals surface area contributed by atoms with Gasteiger partial charge < -0.3 is 25.7 Å². The van der Waals surface area contributed by atoms with E-state index in [0.717, 1.165) is 11.1 Å². The first-order valence-electron chi connectivity index (χ1n) is 11.3. The molecule has 4 N–H and O–H groups in total. The molecule has 1 heterocycles. The van der Waals surface area contributed by atoms with Crippen LogP contribution in [0.3, 0.4) is 0 Å². The molecule has 0 unspecified atom stereocenters. The first kappa shape index (κ1) is 26.9. The third kappa shape index (κ3) is 6.12. The molecular formula is C26H28BrFN4O4. The SMILES string of the molecule is CCNC(=O)NCc1cc(F)ccc1COc1c(-c2cc(C(=O)NC)ccc2C)c(C)[nH]c(=O)c1Br. The Morgan fingerprint density at radius 2 is 1.83 bits per heavy atom. The molecule has 0 aliphatic carbocycles. The molecule has 0 saturated heterocycles. The van der Waals surface area contributed by atoms with Crippen molar-refractivity contribution >= 4 is 27.9 Å². The van der Waals surface area contributed by atoms with Crippen LogP contribution in [-0.2, 0) is 13.2 Å². The van der Waals surface area contributed by atoms with Crippen LogP contribution in [-0.4, -0.2) is 30.5 Å². The molecular weight excluding hydrogens is 531 g/mol. The predicted octanol–water partition coefficient (Wildman–Crippen LogP) is 4.32. The van der Waals surface area contributed by atoms with Gasteiger partial charge in [0.2, 0.25) is 0 Å². The maximum absolute atomic E-state index is 14.0. The fourth-order valence-corrected chi connectivity index (χ4v) is 4.17. The molecule has 0 bridgehead atoms. The second kappa shape index (κ2) is 11.9. The highest BCUT2D eigenvalue weighted by Gasteiger charge is 2.20. The highest BCUT2D eigenvalue weighted by atomic mass is 79.9. The number of nitrogens with one attached hydrogen (secondary N) is 4. The van der Waals surface area contributed by atoms with Crippen LogP contribution in [0.15, 0.2) is 45.7 Å². The summed E-state index contributed by atoms with van der Waals surface area (Å²) in [5.74, 6) is -0.391. The molecule has 0 spiro atoms. The molecule has 3 aromatic rings. The molecule has 0 aliphatic rings. The second-order valence-electron chi connectivity index (χ2n) is 8.12. The lowest BCUT2D eigenvalue weighted by molar-refractivity contribution is 0.0963. The van der Waals surface area contributed by atoms with Crippen molar-refractivity contribution in [2.75, 3.05) is 13.6 Å². The summed E-state index contributed by atoms with van der Waals surface area (Å²) in [5.41, 5.74) is 4.05. The summed E-state index contributed by atoms with van der Waals surface area (Å²) < 4.78 is 20.3. The maximum atomic E-state index is 14.0. The normalized spacial score (nSPS) is 10.6. The number of urea groups is 1. The maximum Gasteiger partial charge on any atom is 0.315 e. The quantitative estimate of drug-likeness (QED) is 0.330. The minimum absolute atomic E-state index is 0.00929. The lowest BCUT2D eigenvalue weighted by Crippen LogP contribution is -2.35. The average molecular weight is 559 g/mol. The first-order valence-corrected chi connectivity index (χ1v) is 12.1. The zero-order valence-corrected chi connectivity index (χ0v) is 22.1. The Balaban J connectivity index is 2.02. The van der Waals surface area contributed by atoms with Crippen LogP contribution in [0, 0.1) is 19.7 Å². The van der Waals surface area contributed by atoms with E-state index in [2.05, 4.69) is 36.9 Å². The number of hydrogen-bond acceptors (Lipinski definition) is 4. The van der Waals surface area contributed by atoms with E-state index >= 15 is 0 Å². The number of rotatable bonds is 8. The van der Waals surface area contributed by atoms with Crippen molar-refractivity contribution in [3.63, 3.8) is 0 Å². The number of hydrogen-bond donors (Lipinski definition) is 4. The number of pyridine rings is 1. The lowest BCUT2D eigenvalue weighted by atomic mass is 9.96. The van der Waals surface area contributed by atoms with Crippen LogP contribution in [0.4, 0.5) is 9.18 Å². The number of aromatic amines is 1. The Morgan fingerprint density at radius 1 is 1.08 bits per heavy atom. The number of carbonyl (C=O) groups is 2. The van der Waals surface area contributed by atoms with Gasteiger partial charge in [-0.3, -0.25) is 9.59 Å². The van der Waals surface area contributed by atoms with Gasteiger partial charge in [0.15, 0.2) is 0 Å². The number of aryl methyl sites for hydroxylation is 2. The molecule has 2 aromatic carbocycles. The summed E-state index contributed by atoms with van der Waals surface area (Å²) in [7, 11) is 1.55. The number of benzene rings is 2. The van der Waals surface area contributed by atoms with Gasteiger partial charge in [-0.2, -0.15) is 0 Å². The highest BCUT2D eigenvalue weighted by molar-refractivity contribution is 9.10. The van der Waals surface area contributed by atoms with E-state index in [1.54, 1.807) is 39.1 Å². The molecule has 0 radical (unpaired) electrons. The van der Waals surface area contributed by atoms with Crippen molar-refractivity contribution in [2.45, 2.75) is 33.9 Å². The lowest BCUT2D eigenvalue weighted by Gasteiger charge is -2.19. The minimum Gasteiger partial charge on any atom is -0.487 e. The molecule has 0 aliphatic heterocycles. The van der Waals surface area contributed by atoms with Gasteiger partial charge in [0.25, 0.3) is 11.5 Å². The van der Waals surface area contributed by atoms with E-state index in [4.69, 9.17) is 4.74 Å². The Labute approximate surface area is 216 Å². The number of ether oxygens (including phenoxy) is 1.